The van der Waals surface area contributed by atoms with Crippen LogP contribution in [0.2, 0.25) is 0 Å². The fourth-order valence-electron chi connectivity index (χ4n) is 4.92. The van der Waals surface area contributed by atoms with Gasteiger partial charge < -0.3 is 48.1 Å². The monoisotopic (exact) mass is 796 g/mol. The van der Waals surface area contributed by atoms with Crippen LogP contribution in [0.1, 0.15) is 52.2 Å². The summed E-state index contributed by atoms with van der Waals surface area (Å²) in [5, 5.41) is 20.5. The molecule has 0 aliphatic rings. The maximum absolute atomic E-state index is 12.4. The second-order valence-electron chi connectivity index (χ2n) is 13.7. The standard InChI is InChI=1S/C43H56O14/c1-28(2)39(46)52-21-19-50-18-20-51-38(27-57-42(49)31(7)8)22-43(9,32-10-14-36(15-11-32)53-23-34(44)25-55-40(47)29(3)4)33-12-16-37(17-13-33)54-24-35(45)26-56-41(48)30(5)6/h10-17,34-35,38,44-45H,1,3,5,7,18-27H2,2,4,6,8-9H3. The molecule has 0 radical (unpaired) electrons. The maximum Gasteiger partial charge on any atom is 0.333 e. The summed E-state index contributed by atoms with van der Waals surface area (Å²) in [5.41, 5.74) is 1.85. The first kappa shape index (κ1) is 47.9. The fourth-order valence-corrected chi connectivity index (χ4v) is 4.92. The zero-order valence-electron chi connectivity index (χ0n) is 33.5. The predicted octanol–water partition coefficient (Wildman–Crippen LogP) is 4.74. The minimum Gasteiger partial charge on any atom is -0.491 e. The SMILES string of the molecule is C=C(C)C(=O)OCCOCCOC(COC(=O)C(=C)C)CC(C)(c1ccc(OCC(O)COC(=O)C(=C)C)cc1)c1ccc(OCC(O)COC(=O)C(=C)C)cc1. The Balaban J connectivity index is 2.30. The normalized spacial score (nSPS) is 13.5. The highest BCUT2D eigenvalue weighted by Gasteiger charge is 2.34. The number of hydrogen-bond donors (Lipinski definition) is 2. The first-order chi connectivity index (χ1) is 26.9. The highest BCUT2D eigenvalue weighted by molar-refractivity contribution is 5.88. The number of hydrogen-bond acceptors (Lipinski definition) is 14. The molecule has 0 aliphatic heterocycles. The molecule has 0 spiro atoms. The van der Waals surface area contributed by atoms with E-state index in [1.165, 1.54) is 13.8 Å². The smallest absolute Gasteiger partial charge is 0.333 e. The lowest BCUT2D eigenvalue weighted by molar-refractivity contribution is -0.145. The molecule has 2 aromatic carbocycles. The molecule has 14 nitrogen and oxygen atoms in total. The average Bonchev–Trinajstić information content (AvgIpc) is 3.18. The number of carbonyl (C=O) groups excluding carboxylic acids is 4. The molecular formula is C43H56O14. The van der Waals surface area contributed by atoms with Crippen molar-refractivity contribution in [1.82, 2.24) is 0 Å². The van der Waals surface area contributed by atoms with Gasteiger partial charge in [-0.1, -0.05) is 57.5 Å². The van der Waals surface area contributed by atoms with Gasteiger partial charge in [0, 0.05) is 27.7 Å². The van der Waals surface area contributed by atoms with Gasteiger partial charge in [-0.2, -0.15) is 0 Å². The molecule has 2 N–H and O–H groups in total. The van der Waals surface area contributed by atoms with Gasteiger partial charge in [0.25, 0.3) is 0 Å². The lowest BCUT2D eigenvalue weighted by Crippen LogP contribution is -2.34. The Kier molecular flexibility index (Phi) is 20.5. The van der Waals surface area contributed by atoms with Crippen LogP contribution in [0.4, 0.5) is 0 Å². The second kappa shape index (κ2) is 24.4. The highest BCUT2D eigenvalue weighted by atomic mass is 16.6. The molecule has 3 unspecified atom stereocenters. The maximum atomic E-state index is 12.4. The van der Waals surface area contributed by atoms with Crippen molar-refractivity contribution < 1.29 is 67.3 Å². The van der Waals surface area contributed by atoms with E-state index in [4.69, 9.17) is 37.9 Å². The van der Waals surface area contributed by atoms with Gasteiger partial charge in [0.15, 0.2) is 0 Å². The van der Waals surface area contributed by atoms with E-state index < -0.39 is 47.6 Å². The number of ether oxygens (including phenoxy) is 8. The summed E-state index contributed by atoms with van der Waals surface area (Å²) in [6.45, 7) is 22.0. The number of rotatable bonds is 27. The molecule has 57 heavy (non-hydrogen) atoms. The van der Waals surface area contributed by atoms with E-state index >= 15 is 0 Å². The summed E-state index contributed by atoms with van der Waals surface area (Å²) < 4.78 is 43.9. The van der Waals surface area contributed by atoms with Gasteiger partial charge in [-0.3, -0.25) is 0 Å². The molecule has 0 bridgehead atoms. The Morgan fingerprint density at radius 1 is 0.544 bits per heavy atom. The zero-order valence-corrected chi connectivity index (χ0v) is 33.5. The molecule has 0 fully saturated rings. The highest BCUT2D eigenvalue weighted by Crippen LogP contribution is 2.39. The van der Waals surface area contributed by atoms with E-state index in [1.807, 2.05) is 31.2 Å². The Hall–Kier alpha value is -5.28. The van der Waals surface area contributed by atoms with E-state index in [0.29, 0.717) is 17.9 Å². The molecule has 0 saturated carbocycles. The van der Waals surface area contributed by atoms with Crippen molar-refractivity contribution in [3.63, 3.8) is 0 Å². The number of aliphatic hydroxyl groups is 2. The molecular weight excluding hydrogens is 740 g/mol. The van der Waals surface area contributed by atoms with Crippen LogP contribution in [0.15, 0.2) is 97.1 Å². The Bertz CT molecular complexity index is 1590. The summed E-state index contributed by atoms with van der Waals surface area (Å²) in [6.07, 6.45) is -2.46. The van der Waals surface area contributed by atoms with E-state index in [0.717, 1.165) is 11.1 Å². The third kappa shape index (κ3) is 17.6. The number of aliphatic hydroxyl groups excluding tert-OH is 2. The summed E-state index contributed by atoms with van der Waals surface area (Å²) in [6, 6.07) is 14.4. The topological polar surface area (TPSA) is 183 Å². The fraction of sp³-hybridized carbons (Fsp3) is 0.442. The van der Waals surface area contributed by atoms with E-state index in [1.54, 1.807) is 38.1 Å². The van der Waals surface area contributed by atoms with Crippen LogP contribution in [0.3, 0.4) is 0 Å². The number of esters is 4. The third-order valence-electron chi connectivity index (χ3n) is 8.15. The Morgan fingerprint density at radius 3 is 1.32 bits per heavy atom. The van der Waals surface area contributed by atoms with Crippen LogP contribution in [-0.4, -0.2) is 112 Å². The molecule has 0 aromatic heterocycles. The number of carbonyl (C=O) groups is 4. The van der Waals surface area contributed by atoms with Gasteiger partial charge in [0.2, 0.25) is 0 Å². The molecule has 3 atom stereocenters. The minimum atomic E-state index is -1.07. The van der Waals surface area contributed by atoms with Crippen LogP contribution in [0.5, 0.6) is 11.5 Å². The molecule has 0 saturated heterocycles. The van der Waals surface area contributed by atoms with Gasteiger partial charge in [-0.05, 0) is 69.5 Å². The molecule has 2 aromatic rings. The summed E-state index contributed by atoms with van der Waals surface area (Å²) in [7, 11) is 0. The van der Waals surface area contributed by atoms with Crippen molar-refractivity contribution in [2.24, 2.45) is 0 Å². The van der Waals surface area contributed by atoms with Crippen LogP contribution < -0.4 is 9.47 Å². The van der Waals surface area contributed by atoms with Gasteiger partial charge in [0.05, 0.1) is 25.9 Å². The first-order valence-corrected chi connectivity index (χ1v) is 18.3. The van der Waals surface area contributed by atoms with Crippen LogP contribution in [0, 0.1) is 0 Å². The summed E-state index contributed by atoms with van der Waals surface area (Å²) in [5.74, 6) is -1.39. The van der Waals surface area contributed by atoms with Crippen molar-refractivity contribution in [3.05, 3.63) is 108 Å². The molecule has 0 amide bonds. The van der Waals surface area contributed by atoms with Crippen molar-refractivity contribution in [2.75, 3.05) is 59.5 Å². The van der Waals surface area contributed by atoms with Gasteiger partial charge in [0.1, 0.15) is 63.3 Å². The van der Waals surface area contributed by atoms with Crippen molar-refractivity contribution >= 4 is 23.9 Å². The molecule has 0 aliphatic carbocycles. The summed E-state index contributed by atoms with van der Waals surface area (Å²) >= 11 is 0. The molecule has 312 valence electrons. The second-order valence-corrected chi connectivity index (χ2v) is 13.7. The minimum absolute atomic E-state index is 0.0473. The largest absolute Gasteiger partial charge is 0.491 e. The summed E-state index contributed by atoms with van der Waals surface area (Å²) in [4.78, 5) is 47.4. The third-order valence-corrected chi connectivity index (χ3v) is 8.15. The quantitative estimate of drug-likeness (QED) is 0.0547. The van der Waals surface area contributed by atoms with Crippen LogP contribution >= 0.6 is 0 Å². The Morgan fingerprint density at radius 2 is 0.912 bits per heavy atom. The first-order valence-electron chi connectivity index (χ1n) is 18.3. The number of benzene rings is 2. The van der Waals surface area contributed by atoms with Crippen molar-refractivity contribution in [3.8, 4) is 11.5 Å². The molecule has 14 heteroatoms. The zero-order chi connectivity index (χ0) is 42.5. The molecule has 2 rings (SSSR count). The average molecular weight is 797 g/mol. The molecule has 0 heterocycles. The van der Waals surface area contributed by atoms with Gasteiger partial charge >= 0.3 is 23.9 Å². The van der Waals surface area contributed by atoms with Crippen LogP contribution in [0.25, 0.3) is 0 Å². The van der Waals surface area contributed by atoms with Gasteiger partial charge in [-0.15, -0.1) is 0 Å². The van der Waals surface area contributed by atoms with Gasteiger partial charge in [-0.25, -0.2) is 19.2 Å². The van der Waals surface area contributed by atoms with E-state index in [9.17, 15) is 29.4 Å². The predicted molar refractivity (Wildman–Crippen MR) is 211 cm³/mol. The lowest BCUT2D eigenvalue weighted by Gasteiger charge is -2.35. The van der Waals surface area contributed by atoms with Crippen molar-refractivity contribution in [1.29, 1.82) is 0 Å². The Labute approximate surface area is 334 Å². The van der Waals surface area contributed by atoms with E-state index in [-0.39, 0.29) is 81.8 Å². The van der Waals surface area contributed by atoms with E-state index in [2.05, 4.69) is 26.3 Å². The van der Waals surface area contributed by atoms with Crippen LogP contribution in [-0.2, 0) is 53.0 Å². The van der Waals surface area contributed by atoms with Crippen molar-refractivity contribution in [2.45, 2.75) is 64.8 Å². The lowest BCUT2D eigenvalue weighted by atomic mass is 9.72.